The summed E-state index contributed by atoms with van der Waals surface area (Å²) in [7, 11) is 0. The second-order valence-corrected chi connectivity index (χ2v) is 6.17. The van der Waals surface area contributed by atoms with E-state index in [-0.39, 0.29) is 0 Å². The summed E-state index contributed by atoms with van der Waals surface area (Å²) in [6.07, 6.45) is 10.0. The van der Waals surface area contributed by atoms with Gasteiger partial charge in [-0.25, -0.2) is 0 Å². The van der Waals surface area contributed by atoms with E-state index in [1.165, 1.54) is 36.8 Å². The summed E-state index contributed by atoms with van der Waals surface area (Å²) >= 11 is 0. The summed E-state index contributed by atoms with van der Waals surface area (Å²) in [6, 6.07) is 22.2. The van der Waals surface area contributed by atoms with Crippen molar-refractivity contribution < 1.29 is 0 Å². The van der Waals surface area contributed by atoms with Gasteiger partial charge in [0, 0.05) is 19.1 Å². The van der Waals surface area contributed by atoms with Crippen molar-refractivity contribution in [3.63, 3.8) is 0 Å². The maximum Gasteiger partial charge on any atom is 0.0239 e. The van der Waals surface area contributed by atoms with E-state index in [1.54, 1.807) is 0 Å². The lowest BCUT2D eigenvalue weighted by atomic mass is 10.1. The zero-order valence-electron chi connectivity index (χ0n) is 13.2. The van der Waals surface area contributed by atoms with Gasteiger partial charge >= 0.3 is 0 Å². The first-order valence-electron chi connectivity index (χ1n) is 8.41. The minimum atomic E-state index is 0.751. The first-order chi connectivity index (χ1) is 10.9. The highest BCUT2D eigenvalue weighted by Crippen LogP contribution is 2.25. The molecule has 2 aromatic carbocycles. The molecular formula is C21H25N. The van der Waals surface area contributed by atoms with Crippen LogP contribution in [0.3, 0.4) is 0 Å². The van der Waals surface area contributed by atoms with Crippen LogP contribution >= 0.6 is 0 Å². The van der Waals surface area contributed by atoms with Gasteiger partial charge in [-0.3, -0.25) is 4.90 Å². The molecule has 0 saturated heterocycles. The second-order valence-electron chi connectivity index (χ2n) is 6.17. The van der Waals surface area contributed by atoms with Crippen LogP contribution in [0.2, 0.25) is 0 Å². The highest BCUT2D eigenvalue weighted by atomic mass is 15.1. The predicted molar refractivity (Wildman–Crippen MR) is 94.6 cm³/mol. The molecule has 1 fully saturated rings. The summed E-state index contributed by atoms with van der Waals surface area (Å²) < 4.78 is 0. The molecule has 0 bridgehead atoms. The molecule has 1 heteroatoms. The summed E-state index contributed by atoms with van der Waals surface area (Å²) in [5.41, 5.74) is 2.70. The lowest BCUT2D eigenvalue weighted by Gasteiger charge is -2.27. The topological polar surface area (TPSA) is 3.24 Å². The highest BCUT2D eigenvalue weighted by molar-refractivity contribution is 5.48. The molecule has 22 heavy (non-hydrogen) atoms. The third-order valence-corrected chi connectivity index (χ3v) is 4.52. The SMILES string of the molecule is C(=Cc1ccccc1)CN(Cc1ccccc1)C1CCCC1. The Morgan fingerprint density at radius 1 is 0.864 bits per heavy atom. The number of nitrogens with zero attached hydrogens (tertiary/aromatic N) is 1. The van der Waals surface area contributed by atoms with Crippen LogP contribution < -0.4 is 0 Å². The second kappa shape index (κ2) is 7.95. The molecule has 0 aromatic heterocycles. The zero-order chi connectivity index (χ0) is 15.0. The molecule has 0 amide bonds. The van der Waals surface area contributed by atoms with Crippen LogP contribution in [0.15, 0.2) is 66.7 Å². The van der Waals surface area contributed by atoms with Gasteiger partial charge in [0.1, 0.15) is 0 Å². The fourth-order valence-corrected chi connectivity index (χ4v) is 3.32. The molecule has 0 unspecified atom stereocenters. The van der Waals surface area contributed by atoms with Gasteiger partial charge in [-0.1, -0.05) is 85.7 Å². The van der Waals surface area contributed by atoms with Crippen molar-refractivity contribution in [2.24, 2.45) is 0 Å². The number of rotatable bonds is 6. The van der Waals surface area contributed by atoms with Crippen LogP contribution in [-0.4, -0.2) is 17.5 Å². The van der Waals surface area contributed by atoms with Gasteiger partial charge in [0.15, 0.2) is 0 Å². The van der Waals surface area contributed by atoms with E-state index in [0.717, 1.165) is 19.1 Å². The zero-order valence-corrected chi connectivity index (χ0v) is 13.2. The van der Waals surface area contributed by atoms with Crippen molar-refractivity contribution in [3.8, 4) is 0 Å². The van der Waals surface area contributed by atoms with Gasteiger partial charge in [0.2, 0.25) is 0 Å². The highest BCUT2D eigenvalue weighted by Gasteiger charge is 2.21. The molecule has 114 valence electrons. The van der Waals surface area contributed by atoms with Crippen LogP contribution in [0.1, 0.15) is 36.8 Å². The van der Waals surface area contributed by atoms with Gasteiger partial charge in [-0.15, -0.1) is 0 Å². The van der Waals surface area contributed by atoms with E-state index in [4.69, 9.17) is 0 Å². The minimum Gasteiger partial charge on any atom is -0.292 e. The van der Waals surface area contributed by atoms with Crippen LogP contribution in [-0.2, 0) is 6.54 Å². The summed E-state index contributed by atoms with van der Waals surface area (Å²) in [4.78, 5) is 2.64. The first kappa shape index (κ1) is 15.1. The smallest absolute Gasteiger partial charge is 0.0239 e. The van der Waals surface area contributed by atoms with Gasteiger partial charge in [-0.2, -0.15) is 0 Å². The molecule has 1 aliphatic rings. The van der Waals surface area contributed by atoms with E-state index >= 15 is 0 Å². The van der Waals surface area contributed by atoms with Crippen molar-refractivity contribution in [2.45, 2.75) is 38.3 Å². The summed E-state index contributed by atoms with van der Waals surface area (Å²) in [5.74, 6) is 0. The van der Waals surface area contributed by atoms with Crippen molar-refractivity contribution in [1.82, 2.24) is 4.90 Å². The van der Waals surface area contributed by atoms with Gasteiger partial charge in [0.05, 0.1) is 0 Å². The summed E-state index contributed by atoms with van der Waals surface area (Å²) in [6.45, 7) is 2.10. The van der Waals surface area contributed by atoms with Crippen molar-refractivity contribution in [1.29, 1.82) is 0 Å². The number of hydrogen-bond donors (Lipinski definition) is 0. The first-order valence-corrected chi connectivity index (χ1v) is 8.41. The molecule has 0 radical (unpaired) electrons. The van der Waals surface area contributed by atoms with Crippen LogP contribution in [0, 0.1) is 0 Å². The fraction of sp³-hybridized carbons (Fsp3) is 0.333. The van der Waals surface area contributed by atoms with Crippen LogP contribution in [0.4, 0.5) is 0 Å². The lowest BCUT2D eigenvalue weighted by molar-refractivity contribution is 0.212. The van der Waals surface area contributed by atoms with E-state index in [2.05, 4.69) is 77.7 Å². The molecule has 0 atom stereocenters. The van der Waals surface area contributed by atoms with Crippen molar-refractivity contribution in [3.05, 3.63) is 77.9 Å². The molecular weight excluding hydrogens is 266 g/mol. The minimum absolute atomic E-state index is 0.751. The van der Waals surface area contributed by atoms with Crippen molar-refractivity contribution >= 4 is 6.08 Å². The monoisotopic (exact) mass is 291 g/mol. The van der Waals surface area contributed by atoms with Crippen molar-refractivity contribution in [2.75, 3.05) is 6.54 Å². The molecule has 1 nitrogen and oxygen atoms in total. The average molecular weight is 291 g/mol. The Morgan fingerprint density at radius 3 is 2.18 bits per heavy atom. The van der Waals surface area contributed by atoms with E-state index in [9.17, 15) is 0 Å². The van der Waals surface area contributed by atoms with E-state index < -0.39 is 0 Å². The molecule has 2 aromatic rings. The maximum absolute atomic E-state index is 2.64. The largest absolute Gasteiger partial charge is 0.292 e. The Labute approximate surface area is 134 Å². The normalized spacial score (nSPS) is 15.9. The molecule has 1 aliphatic carbocycles. The Balaban J connectivity index is 1.64. The maximum atomic E-state index is 2.64. The number of hydrogen-bond acceptors (Lipinski definition) is 1. The number of benzene rings is 2. The molecule has 3 rings (SSSR count). The molecule has 0 N–H and O–H groups in total. The Morgan fingerprint density at radius 2 is 1.50 bits per heavy atom. The van der Waals surface area contributed by atoms with Crippen LogP contribution in [0.5, 0.6) is 0 Å². The lowest BCUT2D eigenvalue weighted by Crippen LogP contribution is -2.32. The Kier molecular flexibility index (Phi) is 5.44. The average Bonchev–Trinajstić information content (AvgIpc) is 3.10. The summed E-state index contributed by atoms with van der Waals surface area (Å²) in [5, 5.41) is 0. The van der Waals surface area contributed by atoms with E-state index in [0.29, 0.717) is 0 Å². The standard InChI is InChI=1S/C21H25N/c1-3-10-19(11-4-1)14-9-17-22(21-15-7-8-16-21)18-20-12-5-2-6-13-20/h1-6,9-14,21H,7-8,15-18H2. The molecule has 0 heterocycles. The van der Waals surface area contributed by atoms with Gasteiger partial charge < -0.3 is 0 Å². The van der Waals surface area contributed by atoms with Crippen LogP contribution in [0.25, 0.3) is 6.08 Å². The molecule has 0 aliphatic heterocycles. The fourth-order valence-electron chi connectivity index (χ4n) is 3.32. The van der Waals surface area contributed by atoms with E-state index in [1.807, 2.05) is 0 Å². The predicted octanol–water partition coefficient (Wildman–Crippen LogP) is 5.14. The van der Waals surface area contributed by atoms with Gasteiger partial charge in [-0.05, 0) is 24.0 Å². The Bertz CT molecular complexity index is 567. The Hall–Kier alpha value is -1.86. The molecule has 1 saturated carbocycles. The van der Waals surface area contributed by atoms with Gasteiger partial charge in [0.25, 0.3) is 0 Å². The molecule has 0 spiro atoms. The third kappa shape index (κ3) is 4.32. The third-order valence-electron chi connectivity index (χ3n) is 4.52. The quantitative estimate of drug-likeness (QED) is 0.712.